The zero-order valence-electron chi connectivity index (χ0n) is 18.1. The summed E-state index contributed by atoms with van der Waals surface area (Å²) in [6.45, 7) is 5.65. The SMILES string of the molecule is C=CCOc1ccc([C@H]2C(=C(O)c3ccc(OC)cc3)C(=O)C(=O)N2c2cc(C)on2)cc1. The van der Waals surface area contributed by atoms with E-state index < -0.39 is 17.7 Å². The fraction of sp³-hybridized carbons (Fsp3) is 0.160. The highest BCUT2D eigenvalue weighted by Crippen LogP contribution is 2.42. The van der Waals surface area contributed by atoms with E-state index in [1.54, 1.807) is 67.6 Å². The number of benzene rings is 2. The van der Waals surface area contributed by atoms with Gasteiger partial charge in [-0.3, -0.25) is 14.5 Å². The summed E-state index contributed by atoms with van der Waals surface area (Å²) in [4.78, 5) is 27.4. The van der Waals surface area contributed by atoms with E-state index in [1.807, 2.05) is 0 Å². The molecule has 1 saturated heterocycles. The average Bonchev–Trinajstić information content (AvgIpc) is 3.38. The molecule has 4 rings (SSSR count). The Balaban J connectivity index is 1.85. The normalized spacial score (nSPS) is 17.3. The number of aliphatic hydroxyl groups excluding tert-OH is 1. The van der Waals surface area contributed by atoms with E-state index in [2.05, 4.69) is 11.7 Å². The van der Waals surface area contributed by atoms with Gasteiger partial charge in [-0.15, -0.1) is 0 Å². The Morgan fingerprint density at radius 2 is 1.82 bits per heavy atom. The summed E-state index contributed by atoms with van der Waals surface area (Å²) < 4.78 is 15.8. The molecule has 0 aliphatic carbocycles. The molecule has 1 N–H and O–H groups in total. The number of nitrogens with zero attached hydrogens (tertiary/aromatic N) is 2. The van der Waals surface area contributed by atoms with Crippen LogP contribution in [0.1, 0.15) is 22.9 Å². The standard InChI is InChI=1S/C25H22N2O6/c1-4-13-32-19-11-5-16(6-12-19)22-21(23(28)17-7-9-18(31-3)10-8-17)24(29)25(30)27(22)20-14-15(2)33-26-20/h4-12,14,22,28H,1,13H2,2-3H3/t22-/m0/s1. The van der Waals surface area contributed by atoms with Crippen molar-refractivity contribution in [3.63, 3.8) is 0 Å². The highest BCUT2D eigenvalue weighted by Gasteiger charge is 2.48. The highest BCUT2D eigenvalue weighted by molar-refractivity contribution is 6.51. The molecule has 1 aromatic heterocycles. The van der Waals surface area contributed by atoms with Gasteiger partial charge >= 0.3 is 5.91 Å². The van der Waals surface area contributed by atoms with Gasteiger partial charge in [-0.05, 0) is 48.9 Å². The molecule has 0 unspecified atom stereocenters. The zero-order valence-corrected chi connectivity index (χ0v) is 18.1. The summed E-state index contributed by atoms with van der Waals surface area (Å²) in [7, 11) is 1.53. The Morgan fingerprint density at radius 3 is 2.39 bits per heavy atom. The number of aryl methyl sites for hydroxylation is 1. The number of rotatable bonds is 7. The van der Waals surface area contributed by atoms with E-state index in [1.165, 1.54) is 12.0 Å². The van der Waals surface area contributed by atoms with E-state index >= 15 is 0 Å². The second-order valence-electron chi connectivity index (χ2n) is 7.36. The van der Waals surface area contributed by atoms with Crippen molar-refractivity contribution >= 4 is 23.3 Å². The number of carbonyl (C=O) groups excluding carboxylic acids is 2. The maximum atomic E-state index is 13.1. The number of amides is 1. The van der Waals surface area contributed by atoms with Crippen LogP contribution in [0.4, 0.5) is 5.82 Å². The van der Waals surface area contributed by atoms with Crippen LogP contribution in [0.15, 0.2) is 77.3 Å². The lowest BCUT2D eigenvalue weighted by molar-refractivity contribution is -0.132. The third-order valence-electron chi connectivity index (χ3n) is 5.23. The third-order valence-corrected chi connectivity index (χ3v) is 5.23. The number of Topliss-reactive ketones (excluding diaryl/α,β-unsaturated/α-hetero) is 1. The van der Waals surface area contributed by atoms with Gasteiger partial charge in [-0.25, -0.2) is 0 Å². The second-order valence-corrected chi connectivity index (χ2v) is 7.36. The van der Waals surface area contributed by atoms with E-state index in [9.17, 15) is 14.7 Å². The maximum Gasteiger partial charge on any atom is 0.301 e. The van der Waals surface area contributed by atoms with Gasteiger partial charge < -0.3 is 19.1 Å². The van der Waals surface area contributed by atoms with Crippen molar-refractivity contribution in [3.05, 3.63) is 89.7 Å². The van der Waals surface area contributed by atoms with E-state index in [4.69, 9.17) is 14.0 Å². The van der Waals surface area contributed by atoms with Crippen LogP contribution >= 0.6 is 0 Å². The summed E-state index contributed by atoms with van der Waals surface area (Å²) in [5.41, 5.74) is 0.919. The molecule has 3 aromatic rings. The van der Waals surface area contributed by atoms with Gasteiger partial charge in [-0.2, -0.15) is 0 Å². The minimum absolute atomic E-state index is 0.0504. The Morgan fingerprint density at radius 1 is 1.15 bits per heavy atom. The summed E-state index contributed by atoms with van der Waals surface area (Å²) >= 11 is 0. The van der Waals surface area contributed by atoms with Crippen LogP contribution in [0.3, 0.4) is 0 Å². The number of aromatic nitrogens is 1. The van der Waals surface area contributed by atoms with E-state index in [0.717, 1.165) is 0 Å². The molecule has 0 radical (unpaired) electrons. The van der Waals surface area contributed by atoms with Gasteiger partial charge in [0.15, 0.2) is 5.82 Å². The molecule has 8 heteroatoms. The van der Waals surface area contributed by atoms with Crippen LogP contribution in [0.25, 0.3) is 5.76 Å². The topological polar surface area (TPSA) is 102 Å². The van der Waals surface area contributed by atoms with Gasteiger partial charge in [0.2, 0.25) is 0 Å². The van der Waals surface area contributed by atoms with Crippen molar-refractivity contribution in [2.75, 3.05) is 18.6 Å². The molecular weight excluding hydrogens is 424 g/mol. The minimum atomic E-state index is -0.912. The number of anilines is 1. The number of aliphatic hydroxyl groups is 1. The molecule has 1 atom stereocenters. The number of ether oxygens (including phenoxy) is 2. The lowest BCUT2D eigenvalue weighted by atomic mass is 9.95. The minimum Gasteiger partial charge on any atom is -0.507 e. The first-order valence-corrected chi connectivity index (χ1v) is 10.2. The predicted molar refractivity (Wildman–Crippen MR) is 121 cm³/mol. The predicted octanol–water partition coefficient (Wildman–Crippen LogP) is 4.18. The smallest absolute Gasteiger partial charge is 0.301 e. The van der Waals surface area contributed by atoms with Crippen molar-refractivity contribution in [1.82, 2.24) is 5.16 Å². The van der Waals surface area contributed by atoms with Gasteiger partial charge in [0.05, 0.1) is 18.7 Å². The van der Waals surface area contributed by atoms with E-state index in [-0.39, 0.29) is 17.2 Å². The summed E-state index contributed by atoms with van der Waals surface area (Å²) in [5, 5.41) is 15.0. The quantitative estimate of drug-likeness (QED) is 0.251. The summed E-state index contributed by atoms with van der Waals surface area (Å²) in [5.74, 6) is -0.0684. The molecule has 1 fully saturated rings. The molecule has 1 amide bonds. The number of methoxy groups -OCH3 is 1. The Labute approximate surface area is 190 Å². The molecule has 8 nitrogen and oxygen atoms in total. The van der Waals surface area contributed by atoms with Crippen molar-refractivity contribution < 1.29 is 28.7 Å². The van der Waals surface area contributed by atoms with Crippen molar-refractivity contribution in [1.29, 1.82) is 0 Å². The molecule has 2 heterocycles. The van der Waals surface area contributed by atoms with Gasteiger partial charge in [0.1, 0.15) is 29.6 Å². The lowest BCUT2D eigenvalue weighted by Crippen LogP contribution is -2.29. The van der Waals surface area contributed by atoms with Crippen molar-refractivity contribution in [3.8, 4) is 11.5 Å². The van der Waals surface area contributed by atoms with Crippen LogP contribution in [-0.2, 0) is 9.59 Å². The Kier molecular flexibility index (Phi) is 5.99. The first-order chi connectivity index (χ1) is 15.9. The molecule has 33 heavy (non-hydrogen) atoms. The third kappa shape index (κ3) is 4.10. The molecule has 1 aliphatic rings. The first kappa shape index (κ1) is 21.9. The van der Waals surface area contributed by atoms with Crippen LogP contribution in [-0.4, -0.2) is 35.7 Å². The van der Waals surface area contributed by atoms with E-state index in [0.29, 0.717) is 35.0 Å². The average molecular weight is 446 g/mol. The largest absolute Gasteiger partial charge is 0.507 e. The number of hydrogen-bond acceptors (Lipinski definition) is 7. The molecule has 2 aromatic carbocycles. The first-order valence-electron chi connectivity index (χ1n) is 10.2. The Hall–Kier alpha value is -4.33. The number of ketones is 1. The molecule has 168 valence electrons. The number of hydrogen-bond donors (Lipinski definition) is 1. The molecule has 1 aliphatic heterocycles. The second kappa shape index (κ2) is 9.04. The molecule has 0 saturated carbocycles. The summed E-state index contributed by atoms with van der Waals surface area (Å²) in [6.07, 6.45) is 1.63. The fourth-order valence-corrected chi connectivity index (χ4v) is 3.66. The fourth-order valence-electron chi connectivity index (χ4n) is 3.66. The summed E-state index contributed by atoms with van der Waals surface area (Å²) in [6, 6.07) is 14.1. The highest BCUT2D eigenvalue weighted by atomic mass is 16.5. The van der Waals surface area contributed by atoms with Gasteiger partial charge in [-0.1, -0.05) is 29.9 Å². The van der Waals surface area contributed by atoms with Crippen molar-refractivity contribution in [2.24, 2.45) is 0 Å². The maximum absolute atomic E-state index is 13.1. The van der Waals surface area contributed by atoms with Crippen LogP contribution in [0, 0.1) is 6.92 Å². The molecule has 0 bridgehead atoms. The van der Waals surface area contributed by atoms with Gasteiger partial charge in [0.25, 0.3) is 5.78 Å². The van der Waals surface area contributed by atoms with Crippen LogP contribution < -0.4 is 14.4 Å². The Bertz CT molecular complexity index is 1220. The monoisotopic (exact) mass is 446 g/mol. The van der Waals surface area contributed by atoms with Crippen LogP contribution in [0.5, 0.6) is 11.5 Å². The molecular formula is C25H22N2O6. The van der Waals surface area contributed by atoms with Crippen molar-refractivity contribution in [2.45, 2.75) is 13.0 Å². The van der Waals surface area contributed by atoms with Crippen LogP contribution in [0.2, 0.25) is 0 Å². The molecule has 0 spiro atoms. The number of carbonyl (C=O) groups is 2. The lowest BCUT2D eigenvalue weighted by Gasteiger charge is -2.23. The van der Waals surface area contributed by atoms with Gasteiger partial charge in [0, 0.05) is 11.6 Å². The zero-order chi connectivity index (χ0) is 23.5.